The topological polar surface area (TPSA) is 120 Å². The molecule has 0 bridgehead atoms. The molecule has 4 aliphatic rings. The molecule has 1 amide bonds. The fourth-order valence-corrected chi connectivity index (χ4v) is 7.28. The Morgan fingerprint density at radius 3 is 2.67 bits per heavy atom. The monoisotopic (exact) mass is 601 g/mol. The number of amides is 1. The summed E-state index contributed by atoms with van der Waals surface area (Å²) in [5.74, 6) is -0.617. The Labute approximate surface area is 246 Å². The Morgan fingerprint density at radius 1 is 1.12 bits per heavy atom. The molecule has 4 aliphatic heterocycles. The van der Waals surface area contributed by atoms with E-state index in [4.69, 9.17) is 9.72 Å². The molecule has 14 heteroatoms. The number of H-pyrrole nitrogens is 1. The fraction of sp³-hybridized carbons (Fsp3) is 0.586. The molecule has 6 heterocycles. The summed E-state index contributed by atoms with van der Waals surface area (Å²) in [5.41, 5.74) is 1.19. The number of nitrogens with zero attached hydrogens (tertiary/aromatic N) is 6. The summed E-state index contributed by atoms with van der Waals surface area (Å²) in [4.78, 5) is 29.3. The van der Waals surface area contributed by atoms with E-state index in [1.807, 2.05) is 4.90 Å². The van der Waals surface area contributed by atoms with Crippen molar-refractivity contribution < 1.29 is 32.5 Å². The van der Waals surface area contributed by atoms with Crippen LogP contribution in [0.5, 0.6) is 11.8 Å². The van der Waals surface area contributed by atoms with Crippen molar-refractivity contribution in [2.45, 2.75) is 76.4 Å². The van der Waals surface area contributed by atoms with Crippen LogP contribution in [-0.4, -0.2) is 86.9 Å². The number of hydrogen-bond acceptors (Lipinski definition) is 9. The molecule has 7 rings (SSSR count). The smallest absolute Gasteiger partial charge is 0.461 e. The highest BCUT2D eigenvalue weighted by atomic mass is 19.4. The first-order chi connectivity index (χ1) is 20.6. The van der Waals surface area contributed by atoms with Crippen molar-refractivity contribution in [1.82, 2.24) is 25.1 Å². The summed E-state index contributed by atoms with van der Waals surface area (Å²) in [6.07, 6.45) is 2.08. The summed E-state index contributed by atoms with van der Waals surface area (Å²) in [6, 6.07) is 1.65. The first kappa shape index (κ1) is 28.1. The summed E-state index contributed by atoms with van der Waals surface area (Å²) < 4.78 is 51.6. The number of nitrogens with one attached hydrogen (secondary N) is 1. The number of aromatic nitrogens is 4. The van der Waals surface area contributed by atoms with E-state index in [1.54, 1.807) is 0 Å². The molecule has 230 valence electrons. The van der Waals surface area contributed by atoms with Crippen LogP contribution in [0, 0.1) is 6.92 Å². The van der Waals surface area contributed by atoms with Gasteiger partial charge in [0, 0.05) is 18.5 Å². The highest BCUT2D eigenvalue weighted by Gasteiger charge is 2.46. The number of halogens is 3. The van der Waals surface area contributed by atoms with E-state index >= 15 is 0 Å². The van der Waals surface area contributed by atoms with E-state index in [0.29, 0.717) is 61.4 Å². The van der Waals surface area contributed by atoms with Crippen molar-refractivity contribution in [3.05, 3.63) is 29.1 Å². The predicted molar refractivity (Wildman–Crippen MR) is 150 cm³/mol. The molecule has 43 heavy (non-hydrogen) atoms. The lowest BCUT2D eigenvalue weighted by Crippen LogP contribution is -2.43. The Kier molecular flexibility index (Phi) is 6.88. The second kappa shape index (κ2) is 10.5. The lowest BCUT2D eigenvalue weighted by Gasteiger charge is -2.31. The number of carbonyl (C=O) groups excluding carboxylic acids is 1. The molecule has 11 nitrogen and oxygen atoms in total. The molecule has 2 N–H and O–H groups in total. The van der Waals surface area contributed by atoms with Crippen LogP contribution in [0.4, 0.5) is 24.7 Å². The van der Waals surface area contributed by atoms with Crippen LogP contribution in [0.15, 0.2) is 12.3 Å². The number of aryl methyl sites for hydroxylation is 1. The van der Waals surface area contributed by atoms with Crippen LogP contribution in [0.25, 0.3) is 10.9 Å². The van der Waals surface area contributed by atoms with Crippen molar-refractivity contribution in [2.75, 3.05) is 42.6 Å². The van der Waals surface area contributed by atoms with Gasteiger partial charge >= 0.3 is 12.4 Å². The normalized spacial score (nSPS) is 22.3. The maximum atomic E-state index is 14.2. The second-order valence-electron chi connectivity index (χ2n) is 12.1. The number of hydrogen-bond donors (Lipinski definition) is 2. The molecule has 3 saturated heterocycles. The number of rotatable bonds is 6. The number of carbonyl (C=O) groups is 1. The molecule has 0 radical (unpaired) electrons. The Bertz CT molecular complexity index is 1550. The van der Waals surface area contributed by atoms with E-state index in [2.05, 4.69) is 24.8 Å². The number of benzene rings is 1. The molecule has 0 saturated carbocycles. The number of aliphatic hydroxyl groups is 1. The second-order valence-corrected chi connectivity index (χ2v) is 12.1. The summed E-state index contributed by atoms with van der Waals surface area (Å²) in [7, 11) is 0. The minimum absolute atomic E-state index is 0.0322. The molecular formula is C29H34F3N7O4. The largest absolute Gasteiger partial charge is 0.573 e. The highest BCUT2D eigenvalue weighted by molar-refractivity contribution is 6.16. The summed E-state index contributed by atoms with van der Waals surface area (Å²) >= 11 is 0. The summed E-state index contributed by atoms with van der Waals surface area (Å²) in [6.45, 7) is 4.94. The van der Waals surface area contributed by atoms with Gasteiger partial charge in [-0.05, 0) is 76.6 Å². The fourth-order valence-electron chi connectivity index (χ4n) is 7.28. The SMILES string of the molecule is Cc1cc2[nH]ncc2c(N2Cc3nc(OCC45CCCN4CCC5)nc(N4CCCC(O)CC4)c3C2=O)c1OC(F)(F)F. The van der Waals surface area contributed by atoms with Gasteiger partial charge in [-0.3, -0.25) is 19.7 Å². The van der Waals surface area contributed by atoms with Crippen LogP contribution >= 0.6 is 0 Å². The molecule has 3 fully saturated rings. The molecule has 2 aromatic heterocycles. The minimum Gasteiger partial charge on any atom is -0.461 e. The van der Waals surface area contributed by atoms with Gasteiger partial charge in [0.05, 0.1) is 41.3 Å². The molecule has 3 aromatic rings. The van der Waals surface area contributed by atoms with Gasteiger partial charge in [0.15, 0.2) is 5.75 Å². The van der Waals surface area contributed by atoms with E-state index in [-0.39, 0.29) is 34.9 Å². The first-order valence-corrected chi connectivity index (χ1v) is 14.9. The Balaban J connectivity index is 1.29. The molecular weight excluding hydrogens is 567 g/mol. The van der Waals surface area contributed by atoms with Crippen molar-refractivity contribution in [3.63, 3.8) is 0 Å². The zero-order valence-electron chi connectivity index (χ0n) is 23.9. The average molecular weight is 602 g/mol. The molecule has 0 spiro atoms. The standard InChI is InChI=1S/C29H34F3N7O4/c1-17-13-20-19(14-33-36-20)23(24(17)43-29(30,31)32)39-15-21-22(26(39)41)25(37-9-2-5-18(40)6-12-37)35-27(34-21)42-16-28-7-3-10-38(28)11-4-8-28/h13-14,18,40H,2-12,15-16H2,1H3,(H,33,36). The predicted octanol–water partition coefficient (Wildman–Crippen LogP) is 4.08. The minimum atomic E-state index is -4.97. The maximum absolute atomic E-state index is 14.2. The van der Waals surface area contributed by atoms with Gasteiger partial charge in [-0.2, -0.15) is 15.1 Å². The third-order valence-electron chi connectivity index (χ3n) is 9.34. The zero-order valence-corrected chi connectivity index (χ0v) is 23.9. The lowest BCUT2D eigenvalue weighted by atomic mass is 9.95. The van der Waals surface area contributed by atoms with E-state index in [9.17, 15) is 23.1 Å². The quantitative estimate of drug-likeness (QED) is 0.431. The van der Waals surface area contributed by atoms with Crippen LogP contribution in [0.2, 0.25) is 0 Å². The molecule has 1 unspecified atom stereocenters. The van der Waals surface area contributed by atoms with Gasteiger partial charge in [-0.15, -0.1) is 13.2 Å². The van der Waals surface area contributed by atoms with Crippen LogP contribution in [0.3, 0.4) is 0 Å². The third-order valence-corrected chi connectivity index (χ3v) is 9.34. The van der Waals surface area contributed by atoms with Crippen molar-refractivity contribution in [2.24, 2.45) is 0 Å². The third kappa shape index (κ3) is 5.03. The average Bonchev–Trinajstić information content (AvgIpc) is 3.70. The molecule has 1 atom stereocenters. The number of aliphatic hydroxyl groups excluding tert-OH is 1. The van der Waals surface area contributed by atoms with Gasteiger partial charge in [0.1, 0.15) is 18.0 Å². The first-order valence-electron chi connectivity index (χ1n) is 14.9. The van der Waals surface area contributed by atoms with Gasteiger partial charge in [-0.1, -0.05) is 0 Å². The van der Waals surface area contributed by atoms with Gasteiger partial charge in [-0.25, -0.2) is 0 Å². The molecule has 0 aliphatic carbocycles. The van der Waals surface area contributed by atoms with E-state index < -0.39 is 24.1 Å². The van der Waals surface area contributed by atoms with Gasteiger partial charge in [0.2, 0.25) is 0 Å². The van der Waals surface area contributed by atoms with Crippen molar-refractivity contribution in [3.8, 4) is 11.8 Å². The summed E-state index contributed by atoms with van der Waals surface area (Å²) in [5, 5.41) is 17.4. The van der Waals surface area contributed by atoms with Crippen LogP contribution in [0.1, 0.15) is 66.6 Å². The number of aromatic amines is 1. The number of alkyl halides is 3. The molecule has 1 aromatic carbocycles. The zero-order chi connectivity index (χ0) is 29.9. The van der Waals surface area contributed by atoms with Crippen LogP contribution < -0.4 is 19.3 Å². The van der Waals surface area contributed by atoms with Gasteiger partial charge in [0.25, 0.3) is 5.91 Å². The van der Waals surface area contributed by atoms with E-state index in [1.165, 1.54) is 24.1 Å². The van der Waals surface area contributed by atoms with Gasteiger partial charge < -0.3 is 19.5 Å². The van der Waals surface area contributed by atoms with Crippen molar-refractivity contribution >= 4 is 28.3 Å². The van der Waals surface area contributed by atoms with Crippen LogP contribution in [-0.2, 0) is 6.54 Å². The highest BCUT2D eigenvalue weighted by Crippen LogP contribution is 2.46. The number of anilines is 2. The van der Waals surface area contributed by atoms with E-state index in [0.717, 1.165) is 38.8 Å². The van der Waals surface area contributed by atoms with Crippen molar-refractivity contribution in [1.29, 1.82) is 0 Å². The Morgan fingerprint density at radius 2 is 1.91 bits per heavy atom. The Hall–Kier alpha value is -3.65. The lowest BCUT2D eigenvalue weighted by molar-refractivity contribution is -0.274. The number of fused-ring (bicyclic) bond motifs is 3. The number of ether oxygens (including phenoxy) is 2. The maximum Gasteiger partial charge on any atom is 0.573 e.